The molecule has 0 aromatic heterocycles. The molecule has 0 saturated heterocycles. The Morgan fingerprint density at radius 1 is 1.00 bits per heavy atom. The second-order valence-corrected chi connectivity index (χ2v) is 5.87. The van der Waals surface area contributed by atoms with Gasteiger partial charge in [-0.2, -0.15) is 13.2 Å². The second-order valence-electron chi connectivity index (χ2n) is 5.87. The molecule has 1 fully saturated rings. The lowest BCUT2D eigenvalue weighted by Crippen LogP contribution is -2.33. The first kappa shape index (κ1) is 15.6. The monoisotopic (exact) mass is 319 g/mol. The summed E-state index contributed by atoms with van der Waals surface area (Å²) in [5.41, 5.74) is -0.250. The number of hydrogen-bond acceptors (Lipinski definition) is 1. The minimum Gasteiger partial charge on any atom is -0.351 e. The Morgan fingerprint density at radius 2 is 1.61 bits per heavy atom. The Bertz CT molecular complexity index is 706. The van der Waals surface area contributed by atoms with Gasteiger partial charge in [-0.15, -0.1) is 0 Å². The summed E-state index contributed by atoms with van der Waals surface area (Å²) in [7, 11) is 0. The predicted molar refractivity (Wildman–Crippen MR) is 81.1 cm³/mol. The molecule has 0 aliphatic heterocycles. The van der Waals surface area contributed by atoms with Gasteiger partial charge in [0.15, 0.2) is 0 Å². The Hall–Kier alpha value is -2.30. The van der Waals surface area contributed by atoms with E-state index in [4.69, 9.17) is 0 Å². The summed E-state index contributed by atoms with van der Waals surface area (Å²) in [6, 6.07) is 14.6. The molecule has 0 unspecified atom stereocenters. The molecule has 1 N–H and O–H groups in total. The van der Waals surface area contributed by atoms with Crippen molar-refractivity contribution in [3.63, 3.8) is 0 Å². The molecule has 23 heavy (non-hydrogen) atoms. The highest BCUT2D eigenvalue weighted by molar-refractivity contribution is 5.96. The van der Waals surface area contributed by atoms with Crippen molar-refractivity contribution in [2.45, 2.75) is 24.4 Å². The lowest BCUT2D eigenvalue weighted by Gasteiger charge is -2.18. The van der Waals surface area contributed by atoms with E-state index in [0.717, 1.165) is 24.5 Å². The number of alkyl halides is 3. The van der Waals surface area contributed by atoms with Gasteiger partial charge in [0.1, 0.15) is 0 Å². The van der Waals surface area contributed by atoms with Crippen LogP contribution in [-0.2, 0) is 11.6 Å². The third-order valence-electron chi connectivity index (χ3n) is 4.30. The van der Waals surface area contributed by atoms with Crippen molar-refractivity contribution in [2.24, 2.45) is 0 Å². The van der Waals surface area contributed by atoms with E-state index in [1.165, 1.54) is 18.2 Å². The fourth-order valence-corrected chi connectivity index (χ4v) is 2.78. The zero-order valence-electron chi connectivity index (χ0n) is 12.4. The molecule has 3 rings (SSSR count). The normalized spacial score (nSPS) is 16.0. The van der Waals surface area contributed by atoms with Gasteiger partial charge in [0.2, 0.25) is 0 Å². The highest BCUT2D eigenvalue weighted by atomic mass is 19.4. The summed E-state index contributed by atoms with van der Waals surface area (Å²) in [4.78, 5) is 12.2. The average Bonchev–Trinajstić information content (AvgIpc) is 3.34. The van der Waals surface area contributed by atoms with Crippen molar-refractivity contribution in [3.05, 3.63) is 71.3 Å². The molecule has 0 radical (unpaired) electrons. The summed E-state index contributed by atoms with van der Waals surface area (Å²) in [6.45, 7) is 0.349. The number of rotatable bonds is 4. The summed E-state index contributed by atoms with van der Waals surface area (Å²) in [6.07, 6.45) is -2.68. The molecule has 120 valence electrons. The molecular weight excluding hydrogens is 303 g/mol. The molecule has 0 atom stereocenters. The molecule has 1 aliphatic carbocycles. The van der Waals surface area contributed by atoms with Gasteiger partial charge < -0.3 is 5.32 Å². The van der Waals surface area contributed by atoms with Crippen LogP contribution in [0, 0.1) is 0 Å². The minimum absolute atomic E-state index is 0.135. The molecule has 0 heterocycles. The van der Waals surface area contributed by atoms with E-state index in [-0.39, 0.29) is 11.0 Å². The van der Waals surface area contributed by atoms with E-state index in [1.807, 2.05) is 30.3 Å². The summed E-state index contributed by atoms with van der Waals surface area (Å²) < 4.78 is 38.9. The van der Waals surface area contributed by atoms with Crippen molar-refractivity contribution in [3.8, 4) is 0 Å². The van der Waals surface area contributed by atoms with E-state index in [9.17, 15) is 18.0 Å². The topological polar surface area (TPSA) is 29.1 Å². The number of benzene rings is 2. The maximum Gasteiger partial charge on any atom is 0.417 e. The molecule has 1 aliphatic rings. The van der Waals surface area contributed by atoms with Gasteiger partial charge in [0.05, 0.1) is 11.1 Å². The van der Waals surface area contributed by atoms with E-state index in [0.29, 0.717) is 6.54 Å². The molecular formula is C18H16F3NO. The molecule has 5 heteroatoms. The maximum atomic E-state index is 13.0. The van der Waals surface area contributed by atoms with Gasteiger partial charge in [-0.25, -0.2) is 0 Å². The van der Waals surface area contributed by atoms with Gasteiger partial charge in [0.25, 0.3) is 5.91 Å². The Kier molecular flexibility index (Phi) is 3.88. The zero-order valence-corrected chi connectivity index (χ0v) is 12.4. The third kappa shape index (κ3) is 3.23. The second kappa shape index (κ2) is 5.72. The van der Waals surface area contributed by atoms with E-state index in [1.54, 1.807) is 0 Å². The van der Waals surface area contributed by atoms with Gasteiger partial charge in [-0.3, -0.25) is 4.79 Å². The number of nitrogens with one attached hydrogen (secondary N) is 1. The van der Waals surface area contributed by atoms with Crippen molar-refractivity contribution in [1.29, 1.82) is 0 Å². The van der Waals surface area contributed by atoms with Gasteiger partial charge >= 0.3 is 6.18 Å². The molecule has 0 bridgehead atoms. The van der Waals surface area contributed by atoms with Crippen LogP contribution in [-0.4, -0.2) is 12.5 Å². The van der Waals surface area contributed by atoms with E-state index < -0.39 is 17.6 Å². The lowest BCUT2D eigenvalue weighted by molar-refractivity contribution is -0.137. The van der Waals surface area contributed by atoms with Crippen LogP contribution >= 0.6 is 0 Å². The molecule has 2 aromatic rings. The highest BCUT2D eigenvalue weighted by Crippen LogP contribution is 2.47. The van der Waals surface area contributed by atoms with Crippen molar-refractivity contribution in [2.75, 3.05) is 6.54 Å². The fraction of sp³-hybridized carbons (Fsp3) is 0.278. The van der Waals surface area contributed by atoms with Crippen LogP contribution in [0.3, 0.4) is 0 Å². The summed E-state index contributed by atoms with van der Waals surface area (Å²) in [5.74, 6) is -0.680. The van der Waals surface area contributed by atoms with Crippen molar-refractivity contribution >= 4 is 5.91 Å². The van der Waals surface area contributed by atoms with Gasteiger partial charge in [-0.05, 0) is 30.5 Å². The fourth-order valence-electron chi connectivity index (χ4n) is 2.78. The highest BCUT2D eigenvalue weighted by Gasteiger charge is 2.44. The Morgan fingerprint density at radius 3 is 2.22 bits per heavy atom. The minimum atomic E-state index is -4.54. The average molecular weight is 319 g/mol. The third-order valence-corrected chi connectivity index (χ3v) is 4.30. The molecule has 2 nitrogen and oxygen atoms in total. The number of hydrogen-bond donors (Lipinski definition) is 1. The van der Waals surface area contributed by atoms with Crippen LogP contribution in [0.15, 0.2) is 54.6 Å². The van der Waals surface area contributed by atoms with E-state index in [2.05, 4.69) is 5.32 Å². The number of carbonyl (C=O) groups excluding carboxylic acids is 1. The van der Waals surface area contributed by atoms with Crippen LogP contribution < -0.4 is 5.32 Å². The maximum absolute atomic E-state index is 13.0. The quantitative estimate of drug-likeness (QED) is 0.900. The first-order chi connectivity index (χ1) is 10.9. The molecule has 2 aromatic carbocycles. The van der Waals surface area contributed by atoms with Crippen LogP contribution in [0.4, 0.5) is 13.2 Å². The number of carbonyl (C=O) groups is 1. The van der Waals surface area contributed by atoms with Gasteiger partial charge in [-0.1, -0.05) is 42.5 Å². The number of amides is 1. The standard InChI is InChI=1S/C18H16F3NO/c19-18(20,21)15-9-5-4-8-14(15)16(23)22-12-17(10-11-17)13-6-2-1-3-7-13/h1-9H,10-12H2,(H,22,23). The Labute approximate surface area is 132 Å². The predicted octanol–water partition coefficient (Wildman–Crippen LogP) is 4.17. The van der Waals surface area contributed by atoms with Crippen molar-refractivity contribution in [1.82, 2.24) is 5.32 Å². The molecule has 0 spiro atoms. The largest absolute Gasteiger partial charge is 0.417 e. The van der Waals surface area contributed by atoms with Crippen molar-refractivity contribution < 1.29 is 18.0 Å². The molecule has 1 saturated carbocycles. The molecule has 1 amide bonds. The lowest BCUT2D eigenvalue weighted by atomic mass is 9.96. The zero-order chi connectivity index (χ0) is 16.5. The van der Waals surface area contributed by atoms with Crippen LogP contribution in [0.2, 0.25) is 0 Å². The smallest absolute Gasteiger partial charge is 0.351 e. The van der Waals surface area contributed by atoms with Gasteiger partial charge in [0, 0.05) is 12.0 Å². The Balaban J connectivity index is 1.74. The first-order valence-corrected chi connectivity index (χ1v) is 7.42. The van der Waals surface area contributed by atoms with E-state index >= 15 is 0 Å². The summed E-state index contributed by atoms with van der Waals surface area (Å²) >= 11 is 0. The number of halogens is 3. The summed E-state index contributed by atoms with van der Waals surface area (Å²) in [5, 5.41) is 2.67. The van der Waals surface area contributed by atoms with Crippen LogP contribution in [0.1, 0.15) is 34.3 Å². The van der Waals surface area contributed by atoms with Crippen LogP contribution in [0.25, 0.3) is 0 Å². The van der Waals surface area contributed by atoms with Crippen LogP contribution in [0.5, 0.6) is 0 Å². The SMILES string of the molecule is O=C(NCC1(c2ccccc2)CC1)c1ccccc1C(F)(F)F. The first-order valence-electron chi connectivity index (χ1n) is 7.42.